The fourth-order valence-electron chi connectivity index (χ4n) is 1.73. The first kappa shape index (κ1) is 17.0. The number of hydrogen-bond donors (Lipinski definition) is 0. The van der Waals surface area contributed by atoms with Gasteiger partial charge in [0.2, 0.25) is 0 Å². The van der Waals surface area contributed by atoms with Crippen molar-refractivity contribution in [2.75, 3.05) is 6.54 Å². The van der Waals surface area contributed by atoms with Gasteiger partial charge in [-0.3, -0.25) is 4.90 Å². The highest BCUT2D eigenvalue weighted by molar-refractivity contribution is 7.51. The van der Waals surface area contributed by atoms with Crippen LogP contribution in [0.4, 0.5) is 0 Å². The minimum absolute atomic E-state index is 0.256. The normalized spacial score (nSPS) is 10.7. The molecule has 1 rings (SSSR count). The lowest BCUT2D eigenvalue weighted by atomic mass is 10.0. The molecule has 1 aromatic rings. The van der Waals surface area contributed by atoms with Crippen molar-refractivity contribution in [2.24, 2.45) is 0 Å². The average Bonchev–Trinajstić information content (AvgIpc) is 2.30. The predicted octanol–water partition coefficient (Wildman–Crippen LogP) is 3.03. The molecule has 0 saturated heterocycles. The van der Waals surface area contributed by atoms with Gasteiger partial charge in [0.25, 0.3) is 0 Å². The number of hydrogen-bond acceptors (Lipinski definition) is 3. The van der Waals surface area contributed by atoms with E-state index < -0.39 is 11.6 Å². The minimum atomic E-state index is -0.750. The van der Waals surface area contributed by atoms with Crippen LogP contribution in [0, 0.1) is 0 Å². The molecule has 18 heavy (non-hydrogen) atoms. The molecule has 0 atom stereocenters. The molecule has 0 aliphatic rings. The van der Waals surface area contributed by atoms with E-state index in [1.165, 1.54) is 18.5 Å². The van der Waals surface area contributed by atoms with Crippen molar-refractivity contribution in [1.82, 2.24) is 4.90 Å². The zero-order valence-corrected chi connectivity index (χ0v) is 12.5. The summed E-state index contributed by atoms with van der Waals surface area (Å²) in [5.74, 6) is 0. The van der Waals surface area contributed by atoms with E-state index in [0.29, 0.717) is 0 Å². The lowest BCUT2D eigenvalue weighted by Crippen LogP contribution is -2.41. The van der Waals surface area contributed by atoms with Gasteiger partial charge in [0, 0.05) is 12.1 Å². The molecule has 0 saturated carbocycles. The maximum Gasteiger partial charge on any atom is 0.335 e. The summed E-state index contributed by atoms with van der Waals surface area (Å²) in [6.45, 7) is 11.3. The Balaban J connectivity index is 0.000000873. The van der Waals surface area contributed by atoms with Gasteiger partial charge in [-0.05, 0) is 39.3 Å². The Hall–Kier alpha value is -1.00. The molecule has 0 fully saturated rings. The average molecular weight is 269 g/mol. The van der Waals surface area contributed by atoms with Crippen LogP contribution >= 0.6 is 0 Å². The second-order valence-corrected chi connectivity index (χ2v) is 5.28. The smallest absolute Gasteiger partial charge is 0.294 e. The molecule has 0 radical (unpaired) electrons. The molecular formula is C14H23NO2S. The predicted molar refractivity (Wildman–Crippen MR) is 75.8 cm³/mol. The molecule has 0 amide bonds. The van der Waals surface area contributed by atoms with E-state index in [1.54, 1.807) is 0 Å². The topological polar surface area (TPSA) is 37.4 Å². The van der Waals surface area contributed by atoms with Crippen molar-refractivity contribution in [1.29, 1.82) is 0 Å². The Morgan fingerprint density at radius 2 is 1.61 bits per heavy atom. The zero-order chi connectivity index (χ0) is 14.0. The van der Waals surface area contributed by atoms with E-state index in [9.17, 15) is 0 Å². The van der Waals surface area contributed by atoms with Gasteiger partial charge in [-0.25, -0.2) is 0 Å². The Kier molecular flexibility index (Phi) is 8.50. The first-order valence-electron chi connectivity index (χ1n) is 6.16. The monoisotopic (exact) mass is 269 g/mol. The summed E-state index contributed by atoms with van der Waals surface area (Å²) < 4.78 is 16.6. The SMILES string of the molecule is CCCN(Cc1ccccc1)C(C)(C)C.O=S=O. The van der Waals surface area contributed by atoms with Gasteiger partial charge >= 0.3 is 11.6 Å². The third-order valence-electron chi connectivity index (χ3n) is 2.66. The summed E-state index contributed by atoms with van der Waals surface area (Å²) >= 11 is -0.750. The van der Waals surface area contributed by atoms with E-state index in [2.05, 4.69) is 62.9 Å². The van der Waals surface area contributed by atoms with Crippen molar-refractivity contribution < 1.29 is 8.42 Å². The molecule has 0 aliphatic carbocycles. The Labute approximate surface area is 114 Å². The van der Waals surface area contributed by atoms with Crippen molar-refractivity contribution in [3.05, 3.63) is 35.9 Å². The van der Waals surface area contributed by atoms with Gasteiger partial charge in [-0.15, -0.1) is 0 Å². The molecule has 3 nitrogen and oxygen atoms in total. The second-order valence-electron chi connectivity index (χ2n) is 5.15. The molecule has 0 aliphatic heterocycles. The summed E-state index contributed by atoms with van der Waals surface area (Å²) in [6, 6.07) is 10.7. The Morgan fingerprint density at radius 3 is 2.00 bits per heavy atom. The van der Waals surface area contributed by atoms with Crippen LogP contribution in [-0.4, -0.2) is 25.4 Å². The van der Waals surface area contributed by atoms with E-state index >= 15 is 0 Å². The molecule has 0 N–H and O–H groups in total. The molecule has 0 bridgehead atoms. The molecular weight excluding hydrogens is 246 g/mol. The molecule has 0 unspecified atom stereocenters. The van der Waals surface area contributed by atoms with E-state index in [1.807, 2.05) is 0 Å². The molecule has 0 aromatic heterocycles. The number of benzene rings is 1. The molecule has 0 spiro atoms. The van der Waals surface area contributed by atoms with E-state index in [4.69, 9.17) is 8.42 Å². The summed E-state index contributed by atoms with van der Waals surface area (Å²) in [5, 5.41) is 0. The van der Waals surface area contributed by atoms with Gasteiger partial charge in [-0.2, -0.15) is 8.42 Å². The quantitative estimate of drug-likeness (QED) is 0.843. The van der Waals surface area contributed by atoms with Crippen molar-refractivity contribution in [2.45, 2.75) is 46.2 Å². The maximum absolute atomic E-state index is 8.29. The van der Waals surface area contributed by atoms with Crippen LogP contribution in [0.2, 0.25) is 0 Å². The zero-order valence-electron chi connectivity index (χ0n) is 11.7. The van der Waals surface area contributed by atoms with Gasteiger partial charge in [0.1, 0.15) is 0 Å². The fraction of sp³-hybridized carbons (Fsp3) is 0.571. The summed E-state index contributed by atoms with van der Waals surface area (Å²) in [6.07, 6.45) is 1.21. The van der Waals surface area contributed by atoms with E-state index in [-0.39, 0.29) is 5.54 Å². The van der Waals surface area contributed by atoms with Crippen LogP contribution in [0.3, 0.4) is 0 Å². The molecule has 0 heterocycles. The lowest BCUT2D eigenvalue weighted by molar-refractivity contribution is 0.128. The maximum atomic E-state index is 8.29. The van der Waals surface area contributed by atoms with Gasteiger partial charge in [0.15, 0.2) is 0 Å². The first-order valence-corrected chi connectivity index (χ1v) is 6.83. The molecule has 1 aromatic carbocycles. The van der Waals surface area contributed by atoms with Crippen molar-refractivity contribution in [3.8, 4) is 0 Å². The third-order valence-corrected chi connectivity index (χ3v) is 2.66. The standard InChI is InChI=1S/C14H23N.O2S/c1-5-11-15(14(2,3)4)12-13-9-7-6-8-10-13;1-3-2/h6-10H,5,11-12H2,1-4H3;. The fourth-order valence-corrected chi connectivity index (χ4v) is 1.73. The van der Waals surface area contributed by atoms with Crippen molar-refractivity contribution in [3.63, 3.8) is 0 Å². The Morgan fingerprint density at radius 1 is 1.11 bits per heavy atom. The highest BCUT2D eigenvalue weighted by Gasteiger charge is 2.19. The van der Waals surface area contributed by atoms with Crippen LogP contribution in [-0.2, 0) is 18.1 Å². The summed E-state index contributed by atoms with van der Waals surface area (Å²) in [7, 11) is 0. The third kappa shape index (κ3) is 7.35. The summed E-state index contributed by atoms with van der Waals surface area (Å²) in [4.78, 5) is 2.53. The van der Waals surface area contributed by atoms with Crippen molar-refractivity contribution >= 4 is 11.6 Å². The van der Waals surface area contributed by atoms with Crippen LogP contribution in [0.25, 0.3) is 0 Å². The largest absolute Gasteiger partial charge is 0.335 e. The van der Waals surface area contributed by atoms with Crippen LogP contribution in [0.5, 0.6) is 0 Å². The number of rotatable bonds is 4. The molecule has 102 valence electrons. The first-order chi connectivity index (χ1) is 8.45. The summed E-state index contributed by atoms with van der Waals surface area (Å²) in [5.41, 5.74) is 1.66. The number of nitrogens with zero attached hydrogens (tertiary/aromatic N) is 1. The van der Waals surface area contributed by atoms with Crippen LogP contribution in [0.1, 0.15) is 39.7 Å². The lowest BCUT2D eigenvalue weighted by Gasteiger charge is -2.35. The second kappa shape index (κ2) is 9.00. The van der Waals surface area contributed by atoms with Crippen LogP contribution < -0.4 is 0 Å². The van der Waals surface area contributed by atoms with Gasteiger partial charge < -0.3 is 0 Å². The van der Waals surface area contributed by atoms with Gasteiger partial charge in [-0.1, -0.05) is 37.3 Å². The minimum Gasteiger partial charge on any atom is -0.294 e. The van der Waals surface area contributed by atoms with E-state index in [0.717, 1.165) is 6.54 Å². The van der Waals surface area contributed by atoms with Gasteiger partial charge in [0.05, 0.1) is 0 Å². The highest BCUT2D eigenvalue weighted by atomic mass is 32.1. The Bertz CT molecular complexity index is 354. The highest BCUT2D eigenvalue weighted by Crippen LogP contribution is 2.17. The van der Waals surface area contributed by atoms with Crippen LogP contribution in [0.15, 0.2) is 30.3 Å². The molecule has 4 heteroatoms.